The largest absolute Gasteiger partial charge is 0.326 e. The molecular weight excluding hydrogens is 264 g/mol. The number of hydrogen-bond acceptors (Lipinski definition) is 3. The second kappa shape index (κ2) is 4.70. The summed E-state index contributed by atoms with van der Waals surface area (Å²) in [5.74, 6) is 1.08. The van der Waals surface area contributed by atoms with Crippen molar-refractivity contribution in [3.8, 4) is 11.4 Å². The Bertz CT molecular complexity index is 820. The van der Waals surface area contributed by atoms with Crippen molar-refractivity contribution in [2.45, 2.75) is 12.8 Å². The normalized spacial score (nSPS) is 14.3. The highest BCUT2D eigenvalue weighted by molar-refractivity contribution is 5.94. The minimum Gasteiger partial charge on any atom is -0.326 e. The van der Waals surface area contributed by atoms with Crippen LogP contribution in [-0.2, 0) is 4.79 Å². The smallest absolute Gasteiger partial charge is 0.227 e. The minimum atomic E-state index is 0.109. The van der Waals surface area contributed by atoms with Gasteiger partial charge in [0.1, 0.15) is 0 Å². The third-order valence-corrected chi connectivity index (χ3v) is 3.65. The Morgan fingerprint density at radius 3 is 2.90 bits per heavy atom. The van der Waals surface area contributed by atoms with Crippen LogP contribution in [-0.4, -0.2) is 20.5 Å². The monoisotopic (exact) mass is 278 g/mol. The Kier molecular flexibility index (Phi) is 2.70. The molecule has 1 amide bonds. The molecule has 3 aromatic rings. The lowest BCUT2D eigenvalue weighted by Gasteiger charge is -2.06. The van der Waals surface area contributed by atoms with Crippen LogP contribution in [0, 0.1) is 5.92 Å². The first-order valence-electron chi connectivity index (χ1n) is 7.02. The fourth-order valence-corrected chi connectivity index (χ4v) is 2.36. The number of aromatic nitrogens is 3. The molecule has 0 saturated heterocycles. The number of carbonyl (C=O) groups is 1. The molecule has 0 aliphatic heterocycles. The summed E-state index contributed by atoms with van der Waals surface area (Å²) in [6.07, 6.45) is 3.93. The number of rotatable bonds is 3. The summed E-state index contributed by atoms with van der Waals surface area (Å²) in [5.41, 5.74) is 2.54. The van der Waals surface area contributed by atoms with Crippen molar-refractivity contribution in [2.75, 3.05) is 5.32 Å². The van der Waals surface area contributed by atoms with Crippen molar-refractivity contribution in [3.05, 3.63) is 48.7 Å². The van der Waals surface area contributed by atoms with Gasteiger partial charge in [0.15, 0.2) is 11.5 Å². The standard InChI is InChI=1S/C16H14N4O/c21-16(11-7-8-11)17-13-5-3-4-12(10-13)15-19-18-14-6-1-2-9-20(14)15/h1-6,9-11H,7-8H2,(H,17,21). The van der Waals surface area contributed by atoms with Gasteiger partial charge in [-0.2, -0.15) is 0 Å². The molecule has 2 heterocycles. The lowest BCUT2D eigenvalue weighted by atomic mass is 10.2. The fraction of sp³-hybridized carbons (Fsp3) is 0.188. The van der Waals surface area contributed by atoms with Crippen LogP contribution in [0.1, 0.15) is 12.8 Å². The lowest BCUT2D eigenvalue weighted by Crippen LogP contribution is -2.13. The van der Waals surface area contributed by atoms with Crippen molar-refractivity contribution in [1.29, 1.82) is 0 Å². The van der Waals surface area contributed by atoms with E-state index in [1.54, 1.807) is 0 Å². The molecule has 4 rings (SSSR count). The Morgan fingerprint density at radius 1 is 1.14 bits per heavy atom. The average Bonchev–Trinajstić information content (AvgIpc) is 3.27. The molecule has 0 radical (unpaired) electrons. The zero-order valence-corrected chi connectivity index (χ0v) is 11.4. The second-order valence-electron chi connectivity index (χ2n) is 5.30. The molecule has 1 aromatic carbocycles. The molecule has 2 aromatic heterocycles. The minimum absolute atomic E-state index is 0.109. The summed E-state index contributed by atoms with van der Waals surface area (Å²) in [6.45, 7) is 0. The van der Waals surface area contributed by atoms with E-state index < -0.39 is 0 Å². The number of carbonyl (C=O) groups excluding carboxylic acids is 1. The number of amides is 1. The molecule has 1 fully saturated rings. The van der Waals surface area contributed by atoms with Gasteiger partial charge in [0.05, 0.1) is 0 Å². The zero-order valence-electron chi connectivity index (χ0n) is 11.4. The van der Waals surface area contributed by atoms with Gasteiger partial charge in [-0.1, -0.05) is 18.2 Å². The fourth-order valence-electron chi connectivity index (χ4n) is 2.36. The SMILES string of the molecule is O=C(Nc1cccc(-c2nnc3ccccn23)c1)C1CC1. The van der Waals surface area contributed by atoms with Crippen LogP contribution in [0.5, 0.6) is 0 Å². The van der Waals surface area contributed by atoms with E-state index in [1.165, 1.54) is 0 Å². The summed E-state index contributed by atoms with van der Waals surface area (Å²) in [7, 11) is 0. The number of nitrogens with one attached hydrogen (secondary N) is 1. The number of benzene rings is 1. The second-order valence-corrected chi connectivity index (χ2v) is 5.30. The molecule has 1 aliphatic rings. The molecule has 0 unspecified atom stereocenters. The molecule has 0 atom stereocenters. The quantitative estimate of drug-likeness (QED) is 0.801. The molecule has 0 spiro atoms. The van der Waals surface area contributed by atoms with E-state index in [0.29, 0.717) is 0 Å². The zero-order chi connectivity index (χ0) is 14.2. The van der Waals surface area contributed by atoms with Crippen molar-refractivity contribution >= 4 is 17.2 Å². The number of anilines is 1. The third kappa shape index (κ3) is 2.27. The van der Waals surface area contributed by atoms with Gasteiger partial charge in [-0.25, -0.2) is 0 Å². The molecule has 21 heavy (non-hydrogen) atoms. The number of hydrogen-bond donors (Lipinski definition) is 1. The van der Waals surface area contributed by atoms with Gasteiger partial charge in [0.25, 0.3) is 0 Å². The van der Waals surface area contributed by atoms with Gasteiger partial charge in [-0.3, -0.25) is 9.20 Å². The average molecular weight is 278 g/mol. The van der Waals surface area contributed by atoms with Gasteiger partial charge in [0, 0.05) is 23.4 Å². The first-order chi connectivity index (χ1) is 10.3. The molecular formula is C16H14N4O. The van der Waals surface area contributed by atoms with E-state index in [1.807, 2.05) is 53.1 Å². The highest BCUT2D eigenvalue weighted by Crippen LogP contribution is 2.30. The lowest BCUT2D eigenvalue weighted by molar-refractivity contribution is -0.117. The summed E-state index contributed by atoms with van der Waals surface area (Å²) >= 11 is 0. The number of fused-ring (bicyclic) bond motifs is 1. The maximum atomic E-state index is 11.8. The Hall–Kier alpha value is -2.69. The summed E-state index contributed by atoms with van der Waals surface area (Å²) in [5, 5.41) is 11.3. The molecule has 0 bridgehead atoms. The molecule has 1 aliphatic carbocycles. The third-order valence-electron chi connectivity index (χ3n) is 3.65. The Balaban J connectivity index is 1.70. The first kappa shape index (κ1) is 12.1. The van der Waals surface area contributed by atoms with Crippen molar-refractivity contribution in [1.82, 2.24) is 14.6 Å². The maximum Gasteiger partial charge on any atom is 0.227 e. The molecule has 5 nitrogen and oxygen atoms in total. The van der Waals surface area contributed by atoms with Gasteiger partial charge < -0.3 is 5.32 Å². The van der Waals surface area contributed by atoms with Gasteiger partial charge in [-0.15, -0.1) is 10.2 Å². The van der Waals surface area contributed by atoms with E-state index in [0.717, 1.165) is 35.6 Å². The van der Waals surface area contributed by atoms with Crippen molar-refractivity contribution in [2.24, 2.45) is 5.92 Å². The first-order valence-corrected chi connectivity index (χ1v) is 7.02. The molecule has 104 valence electrons. The van der Waals surface area contributed by atoms with Gasteiger partial charge in [-0.05, 0) is 37.1 Å². The van der Waals surface area contributed by atoms with E-state index >= 15 is 0 Å². The highest BCUT2D eigenvalue weighted by Gasteiger charge is 2.29. The van der Waals surface area contributed by atoms with Crippen LogP contribution in [0.15, 0.2) is 48.7 Å². The van der Waals surface area contributed by atoms with Crippen LogP contribution in [0.3, 0.4) is 0 Å². The Labute approximate surface area is 121 Å². The van der Waals surface area contributed by atoms with Crippen LogP contribution in [0.4, 0.5) is 5.69 Å². The van der Waals surface area contributed by atoms with Crippen LogP contribution >= 0.6 is 0 Å². The van der Waals surface area contributed by atoms with Crippen molar-refractivity contribution in [3.63, 3.8) is 0 Å². The van der Waals surface area contributed by atoms with Crippen molar-refractivity contribution < 1.29 is 4.79 Å². The predicted molar refractivity (Wildman–Crippen MR) is 79.8 cm³/mol. The summed E-state index contributed by atoms with van der Waals surface area (Å²) in [6, 6.07) is 13.5. The summed E-state index contributed by atoms with van der Waals surface area (Å²) < 4.78 is 1.93. The highest BCUT2D eigenvalue weighted by atomic mass is 16.2. The van der Waals surface area contributed by atoms with E-state index in [-0.39, 0.29) is 11.8 Å². The maximum absolute atomic E-state index is 11.8. The van der Waals surface area contributed by atoms with Crippen LogP contribution in [0.25, 0.3) is 17.0 Å². The van der Waals surface area contributed by atoms with E-state index in [2.05, 4.69) is 15.5 Å². The van der Waals surface area contributed by atoms with Crippen LogP contribution in [0.2, 0.25) is 0 Å². The Morgan fingerprint density at radius 2 is 2.05 bits per heavy atom. The van der Waals surface area contributed by atoms with Crippen LogP contribution < -0.4 is 5.32 Å². The van der Waals surface area contributed by atoms with E-state index in [4.69, 9.17) is 0 Å². The summed E-state index contributed by atoms with van der Waals surface area (Å²) in [4.78, 5) is 11.8. The number of nitrogens with zero attached hydrogens (tertiary/aromatic N) is 3. The molecule has 5 heteroatoms. The number of pyridine rings is 1. The topological polar surface area (TPSA) is 59.3 Å². The van der Waals surface area contributed by atoms with Gasteiger partial charge >= 0.3 is 0 Å². The molecule has 1 N–H and O–H groups in total. The van der Waals surface area contributed by atoms with E-state index in [9.17, 15) is 4.79 Å². The molecule has 1 saturated carbocycles. The van der Waals surface area contributed by atoms with Gasteiger partial charge in [0.2, 0.25) is 5.91 Å². The predicted octanol–water partition coefficient (Wildman–Crippen LogP) is 2.74.